The van der Waals surface area contributed by atoms with Gasteiger partial charge in [-0.3, -0.25) is 0 Å². The van der Waals surface area contributed by atoms with Crippen LogP contribution in [-0.4, -0.2) is 37.1 Å². The summed E-state index contributed by atoms with van der Waals surface area (Å²) >= 11 is 0. The molecule has 2 aromatic carbocycles. The number of hydrogen-bond acceptors (Lipinski definition) is 2. The minimum atomic E-state index is 0.933. The van der Waals surface area contributed by atoms with Gasteiger partial charge in [0.2, 0.25) is 0 Å². The molecule has 0 amide bonds. The van der Waals surface area contributed by atoms with Gasteiger partial charge in [0.1, 0.15) is 0 Å². The number of H-pyrrole nitrogens is 1. The van der Waals surface area contributed by atoms with E-state index in [9.17, 15) is 0 Å². The van der Waals surface area contributed by atoms with Gasteiger partial charge >= 0.3 is 0 Å². The van der Waals surface area contributed by atoms with Crippen molar-refractivity contribution in [1.29, 1.82) is 0 Å². The molecule has 3 heteroatoms. The van der Waals surface area contributed by atoms with Gasteiger partial charge in [-0.05, 0) is 57.4 Å². The number of aromatic nitrogens is 1. The normalized spacial score (nSPS) is 11.8. The molecule has 0 aliphatic rings. The summed E-state index contributed by atoms with van der Waals surface area (Å²) in [4.78, 5) is 5.69. The van der Waals surface area contributed by atoms with Crippen molar-refractivity contribution in [2.45, 2.75) is 13.0 Å². The van der Waals surface area contributed by atoms with Crippen molar-refractivity contribution >= 4 is 21.8 Å². The Kier molecular flexibility index (Phi) is 4.23. The molecule has 0 aliphatic heterocycles. The largest absolute Gasteiger partial charge is 0.355 e. The van der Waals surface area contributed by atoms with E-state index in [2.05, 4.69) is 71.8 Å². The number of hydrogen-bond donors (Lipinski definition) is 2. The number of nitrogens with zero attached hydrogens (tertiary/aromatic N) is 1. The van der Waals surface area contributed by atoms with Gasteiger partial charge in [-0.2, -0.15) is 0 Å². The van der Waals surface area contributed by atoms with Crippen LogP contribution in [0.15, 0.2) is 42.5 Å². The van der Waals surface area contributed by atoms with Crippen LogP contribution in [0.2, 0.25) is 0 Å². The molecular formula is C18H23N3. The summed E-state index contributed by atoms with van der Waals surface area (Å²) in [6.07, 6.45) is 1.18. The fraction of sp³-hybridized carbons (Fsp3) is 0.333. The predicted octanol–water partition coefficient (Wildman–Crippen LogP) is 3.36. The average molecular weight is 281 g/mol. The van der Waals surface area contributed by atoms with Gasteiger partial charge in [0, 0.05) is 28.4 Å². The average Bonchev–Trinajstić information content (AvgIpc) is 2.84. The minimum Gasteiger partial charge on any atom is -0.355 e. The van der Waals surface area contributed by atoms with Crippen LogP contribution in [-0.2, 0) is 6.54 Å². The zero-order valence-corrected chi connectivity index (χ0v) is 12.8. The van der Waals surface area contributed by atoms with Gasteiger partial charge in [0.05, 0.1) is 0 Å². The maximum absolute atomic E-state index is 3.53. The van der Waals surface area contributed by atoms with Crippen molar-refractivity contribution in [2.24, 2.45) is 0 Å². The Morgan fingerprint density at radius 1 is 1.00 bits per heavy atom. The number of rotatable bonds is 6. The maximum atomic E-state index is 3.53. The van der Waals surface area contributed by atoms with E-state index in [-0.39, 0.29) is 0 Å². The molecule has 0 bridgehead atoms. The SMILES string of the molecule is CN(C)CCCNCc1ccc2[nH]c3ccccc3c2c1. The van der Waals surface area contributed by atoms with Gasteiger partial charge in [0.15, 0.2) is 0 Å². The highest BCUT2D eigenvalue weighted by atomic mass is 15.0. The molecule has 0 spiro atoms. The van der Waals surface area contributed by atoms with Crippen LogP contribution in [0.5, 0.6) is 0 Å². The van der Waals surface area contributed by atoms with Crippen LogP contribution in [0.25, 0.3) is 21.8 Å². The summed E-state index contributed by atoms with van der Waals surface area (Å²) in [6, 6.07) is 15.2. The second-order valence-corrected chi connectivity index (χ2v) is 5.88. The molecule has 3 nitrogen and oxygen atoms in total. The molecule has 1 aromatic heterocycles. The predicted molar refractivity (Wildman–Crippen MR) is 90.7 cm³/mol. The Hall–Kier alpha value is -1.84. The molecule has 0 unspecified atom stereocenters. The lowest BCUT2D eigenvalue weighted by Gasteiger charge is -2.09. The number of para-hydroxylation sites is 1. The fourth-order valence-corrected chi connectivity index (χ4v) is 2.76. The summed E-state index contributed by atoms with van der Waals surface area (Å²) < 4.78 is 0. The quantitative estimate of drug-likeness (QED) is 0.679. The van der Waals surface area contributed by atoms with Gasteiger partial charge in [-0.25, -0.2) is 0 Å². The molecule has 3 rings (SSSR count). The highest BCUT2D eigenvalue weighted by Crippen LogP contribution is 2.25. The smallest absolute Gasteiger partial charge is 0.0465 e. The van der Waals surface area contributed by atoms with E-state index in [0.29, 0.717) is 0 Å². The first-order chi connectivity index (χ1) is 10.2. The number of aromatic amines is 1. The first-order valence-electron chi connectivity index (χ1n) is 7.59. The van der Waals surface area contributed by atoms with Gasteiger partial charge < -0.3 is 15.2 Å². The molecule has 21 heavy (non-hydrogen) atoms. The third-order valence-corrected chi connectivity index (χ3v) is 3.86. The second-order valence-electron chi connectivity index (χ2n) is 5.88. The molecule has 0 aliphatic carbocycles. The molecule has 0 saturated heterocycles. The zero-order valence-electron chi connectivity index (χ0n) is 12.8. The minimum absolute atomic E-state index is 0.933. The number of benzene rings is 2. The van der Waals surface area contributed by atoms with Crippen LogP contribution in [0.4, 0.5) is 0 Å². The van der Waals surface area contributed by atoms with E-state index in [0.717, 1.165) is 19.6 Å². The van der Waals surface area contributed by atoms with Crippen molar-refractivity contribution in [1.82, 2.24) is 15.2 Å². The Bertz CT molecular complexity index is 727. The zero-order chi connectivity index (χ0) is 14.7. The summed E-state index contributed by atoms with van der Waals surface area (Å²) in [5.41, 5.74) is 3.77. The molecule has 0 atom stereocenters. The Labute approximate surface area is 126 Å². The monoisotopic (exact) mass is 281 g/mol. The summed E-state index contributed by atoms with van der Waals surface area (Å²) in [6.45, 7) is 3.13. The van der Waals surface area contributed by atoms with Crippen molar-refractivity contribution in [3.63, 3.8) is 0 Å². The molecule has 3 aromatic rings. The lowest BCUT2D eigenvalue weighted by atomic mass is 10.1. The van der Waals surface area contributed by atoms with E-state index in [1.807, 2.05) is 0 Å². The van der Waals surface area contributed by atoms with Crippen molar-refractivity contribution in [3.8, 4) is 0 Å². The molecule has 2 N–H and O–H groups in total. The maximum Gasteiger partial charge on any atom is 0.0465 e. The highest BCUT2D eigenvalue weighted by Gasteiger charge is 2.04. The van der Waals surface area contributed by atoms with Crippen LogP contribution >= 0.6 is 0 Å². The third kappa shape index (κ3) is 3.26. The molecule has 1 heterocycles. The highest BCUT2D eigenvalue weighted by molar-refractivity contribution is 6.07. The summed E-state index contributed by atoms with van der Waals surface area (Å²) in [5, 5.41) is 6.15. The topological polar surface area (TPSA) is 31.1 Å². The Morgan fingerprint density at radius 3 is 2.67 bits per heavy atom. The van der Waals surface area contributed by atoms with Gasteiger partial charge in [0.25, 0.3) is 0 Å². The molecule has 0 radical (unpaired) electrons. The van der Waals surface area contributed by atoms with Gasteiger partial charge in [-0.1, -0.05) is 24.3 Å². The van der Waals surface area contributed by atoms with E-state index in [4.69, 9.17) is 0 Å². The van der Waals surface area contributed by atoms with Gasteiger partial charge in [-0.15, -0.1) is 0 Å². The fourth-order valence-electron chi connectivity index (χ4n) is 2.76. The first kappa shape index (κ1) is 14.1. The van der Waals surface area contributed by atoms with E-state index >= 15 is 0 Å². The number of nitrogens with one attached hydrogen (secondary N) is 2. The molecule has 0 saturated carbocycles. The van der Waals surface area contributed by atoms with E-state index in [1.165, 1.54) is 33.8 Å². The van der Waals surface area contributed by atoms with Crippen molar-refractivity contribution < 1.29 is 0 Å². The van der Waals surface area contributed by atoms with Crippen molar-refractivity contribution in [2.75, 3.05) is 27.2 Å². The van der Waals surface area contributed by atoms with Crippen LogP contribution in [0, 0.1) is 0 Å². The van der Waals surface area contributed by atoms with Crippen LogP contribution in [0.3, 0.4) is 0 Å². The standard InChI is InChI=1S/C18H23N3/c1-21(2)11-5-10-19-13-14-8-9-18-16(12-14)15-6-3-4-7-17(15)20-18/h3-4,6-9,12,19-20H,5,10-11,13H2,1-2H3. The van der Waals surface area contributed by atoms with E-state index in [1.54, 1.807) is 0 Å². The second kappa shape index (κ2) is 6.29. The third-order valence-electron chi connectivity index (χ3n) is 3.86. The Morgan fingerprint density at radius 2 is 1.81 bits per heavy atom. The van der Waals surface area contributed by atoms with Crippen molar-refractivity contribution in [3.05, 3.63) is 48.0 Å². The lowest BCUT2D eigenvalue weighted by molar-refractivity contribution is 0.394. The van der Waals surface area contributed by atoms with Crippen LogP contribution < -0.4 is 5.32 Å². The van der Waals surface area contributed by atoms with E-state index < -0.39 is 0 Å². The molecular weight excluding hydrogens is 258 g/mol. The molecule has 0 fully saturated rings. The van der Waals surface area contributed by atoms with Crippen LogP contribution in [0.1, 0.15) is 12.0 Å². The summed E-state index contributed by atoms with van der Waals surface area (Å²) in [7, 11) is 4.23. The molecule has 110 valence electrons. The Balaban J connectivity index is 1.70. The summed E-state index contributed by atoms with van der Waals surface area (Å²) in [5.74, 6) is 0. The number of fused-ring (bicyclic) bond motifs is 3. The lowest BCUT2D eigenvalue weighted by Crippen LogP contribution is -2.20. The first-order valence-corrected chi connectivity index (χ1v) is 7.59.